The lowest BCUT2D eigenvalue weighted by Gasteiger charge is -2.29. The molecule has 2 heterocycles. The molecule has 0 unspecified atom stereocenters. The monoisotopic (exact) mass is 333 g/mol. The van der Waals surface area contributed by atoms with Gasteiger partial charge in [-0.25, -0.2) is 0 Å². The quantitative estimate of drug-likeness (QED) is 0.882. The lowest BCUT2D eigenvalue weighted by atomic mass is 10.1. The number of nitrogens with two attached hydrogens (primary N) is 1. The molecule has 2 aliphatic heterocycles. The van der Waals surface area contributed by atoms with Crippen LogP contribution in [-0.2, 0) is 4.79 Å². The van der Waals surface area contributed by atoms with E-state index >= 15 is 0 Å². The number of hydrogen-bond acceptors (Lipinski definition) is 5. The van der Waals surface area contributed by atoms with E-state index in [0.29, 0.717) is 43.1 Å². The highest BCUT2D eigenvalue weighted by Crippen LogP contribution is 2.33. The van der Waals surface area contributed by atoms with E-state index in [-0.39, 0.29) is 24.6 Å². The van der Waals surface area contributed by atoms with Crippen molar-refractivity contribution in [2.24, 2.45) is 5.73 Å². The third-order valence-corrected chi connectivity index (χ3v) is 4.57. The summed E-state index contributed by atoms with van der Waals surface area (Å²) < 4.78 is 10.6. The molecule has 0 spiro atoms. The predicted molar refractivity (Wildman–Crippen MR) is 87.9 cm³/mol. The molecule has 7 heteroatoms. The van der Waals surface area contributed by atoms with E-state index < -0.39 is 6.04 Å². The van der Waals surface area contributed by atoms with Gasteiger partial charge < -0.3 is 25.0 Å². The molecule has 0 radical (unpaired) electrons. The lowest BCUT2D eigenvalue weighted by Crippen LogP contribution is -2.47. The summed E-state index contributed by atoms with van der Waals surface area (Å²) in [5, 5.41) is 0. The third-order valence-electron chi connectivity index (χ3n) is 4.57. The maximum Gasteiger partial charge on any atom is 0.254 e. The Kier molecular flexibility index (Phi) is 4.62. The van der Waals surface area contributed by atoms with Crippen LogP contribution in [0.25, 0.3) is 0 Å². The Morgan fingerprint density at radius 3 is 2.67 bits per heavy atom. The van der Waals surface area contributed by atoms with Crippen LogP contribution in [0.2, 0.25) is 0 Å². The van der Waals surface area contributed by atoms with Gasteiger partial charge in [0.05, 0.1) is 0 Å². The van der Waals surface area contributed by atoms with E-state index in [4.69, 9.17) is 15.2 Å². The maximum absolute atomic E-state index is 12.9. The van der Waals surface area contributed by atoms with Crippen LogP contribution in [0.3, 0.4) is 0 Å². The molecular weight excluding hydrogens is 310 g/mol. The van der Waals surface area contributed by atoms with Crippen LogP contribution in [0, 0.1) is 0 Å². The van der Waals surface area contributed by atoms with Crippen molar-refractivity contribution in [2.75, 3.05) is 26.4 Å². The fraction of sp³-hybridized carbons (Fsp3) is 0.529. The van der Waals surface area contributed by atoms with Crippen LogP contribution in [0.1, 0.15) is 30.6 Å². The van der Waals surface area contributed by atoms with Crippen molar-refractivity contribution in [3.05, 3.63) is 23.8 Å². The van der Waals surface area contributed by atoms with Crippen LogP contribution in [0.4, 0.5) is 0 Å². The molecule has 24 heavy (non-hydrogen) atoms. The molecule has 130 valence electrons. The van der Waals surface area contributed by atoms with Crippen molar-refractivity contribution < 1.29 is 19.1 Å². The van der Waals surface area contributed by atoms with E-state index in [1.165, 1.54) is 0 Å². The smallest absolute Gasteiger partial charge is 0.254 e. The molecule has 7 nitrogen and oxygen atoms in total. The van der Waals surface area contributed by atoms with Crippen LogP contribution in [0.15, 0.2) is 18.2 Å². The number of likely N-dealkylation sites (tertiary alicyclic amines) is 1. The molecule has 0 aromatic heterocycles. The second-order valence-corrected chi connectivity index (χ2v) is 6.05. The molecule has 1 saturated heterocycles. The topological polar surface area (TPSA) is 85.1 Å². The van der Waals surface area contributed by atoms with Crippen LogP contribution in [0.5, 0.6) is 11.5 Å². The number of carbonyl (C=O) groups is 2. The minimum absolute atomic E-state index is 0.0398. The van der Waals surface area contributed by atoms with Gasteiger partial charge in [0.1, 0.15) is 6.04 Å². The molecule has 2 amide bonds. The Hall–Kier alpha value is -2.28. The van der Waals surface area contributed by atoms with E-state index in [9.17, 15) is 9.59 Å². The number of amides is 2. The number of carbonyl (C=O) groups excluding carboxylic acids is 2. The van der Waals surface area contributed by atoms with Gasteiger partial charge in [0.25, 0.3) is 5.91 Å². The van der Waals surface area contributed by atoms with Crippen molar-refractivity contribution in [1.82, 2.24) is 9.80 Å². The molecule has 0 aliphatic carbocycles. The van der Waals surface area contributed by atoms with E-state index in [1.54, 1.807) is 28.0 Å². The molecule has 0 saturated carbocycles. The summed E-state index contributed by atoms with van der Waals surface area (Å²) >= 11 is 0. The summed E-state index contributed by atoms with van der Waals surface area (Å²) in [4.78, 5) is 29.0. The predicted octanol–water partition coefficient (Wildman–Crippen LogP) is 0.826. The van der Waals surface area contributed by atoms with Gasteiger partial charge in [0, 0.05) is 31.2 Å². The molecule has 2 atom stereocenters. The Balaban J connectivity index is 1.83. The molecule has 3 rings (SSSR count). The Morgan fingerprint density at radius 1 is 1.25 bits per heavy atom. The number of benzene rings is 1. The zero-order valence-corrected chi connectivity index (χ0v) is 14.0. The fourth-order valence-electron chi connectivity index (χ4n) is 3.27. The maximum atomic E-state index is 12.9. The summed E-state index contributed by atoms with van der Waals surface area (Å²) in [7, 11) is 0. The largest absolute Gasteiger partial charge is 0.454 e. The normalized spacial score (nSPS) is 21.9. The first-order chi connectivity index (χ1) is 11.5. The van der Waals surface area contributed by atoms with Gasteiger partial charge in [-0.15, -0.1) is 0 Å². The minimum atomic E-state index is -0.502. The average molecular weight is 333 g/mol. The second kappa shape index (κ2) is 6.68. The van der Waals surface area contributed by atoms with Crippen molar-refractivity contribution in [3.63, 3.8) is 0 Å². The standard InChI is InChI=1S/C17H23N3O4/c1-3-19(4-2)17(22)13-8-12(18)9-20(13)16(21)11-5-6-14-15(7-11)24-10-23-14/h5-7,12-13H,3-4,8-10,18H2,1-2H3/t12-,13+/m1/s1. The first kappa shape index (κ1) is 16.6. The summed E-state index contributed by atoms with van der Waals surface area (Å²) in [5.74, 6) is 0.935. The molecule has 2 aliphatic rings. The number of hydrogen-bond donors (Lipinski definition) is 1. The average Bonchev–Trinajstić information content (AvgIpc) is 3.20. The SMILES string of the molecule is CCN(CC)C(=O)[C@@H]1C[C@@H](N)CN1C(=O)c1ccc2c(c1)OCO2. The minimum Gasteiger partial charge on any atom is -0.454 e. The van der Waals surface area contributed by atoms with Crippen LogP contribution >= 0.6 is 0 Å². The second-order valence-electron chi connectivity index (χ2n) is 6.05. The van der Waals surface area contributed by atoms with Crippen LogP contribution < -0.4 is 15.2 Å². The zero-order chi connectivity index (χ0) is 17.3. The van der Waals surface area contributed by atoms with Crippen molar-refractivity contribution >= 4 is 11.8 Å². The Morgan fingerprint density at radius 2 is 1.96 bits per heavy atom. The van der Waals surface area contributed by atoms with Gasteiger partial charge in [-0.1, -0.05) is 0 Å². The van der Waals surface area contributed by atoms with Crippen molar-refractivity contribution in [3.8, 4) is 11.5 Å². The molecule has 1 aromatic rings. The summed E-state index contributed by atoms with van der Waals surface area (Å²) in [6, 6.07) is 4.38. The molecular formula is C17H23N3O4. The summed E-state index contributed by atoms with van der Waals surface area (Å²) in [5.41, 5.74) is 6.51. The van der Waals surface area contributed by atoms with Crippen LogP contribution in [-0.4, -0.2) is 60.1 Å². The summed E-state index contributed by atoms with van der Waals surface area (Å²) in [6.45, 7) is 5.64. The van der Waals surface area contributed by atoms with Gasteiger partial charge >= 0.3 is 0 Å². The fourth-order valence-corrected chi connectivity index (χ4v) is 3.27. The molecule has 1 fully saturated rings. The highest BCUT2D eigenvalue weighted by Gasteiger charge is 2.40. The van der Waals surface area contributed by atoms with Gasteiger partial charge in [-0.3, -0.25) is 9.59 Å². The Labute approximate surface area is 141 Å². The molecule has 2 N–H and O–H groups in total. The summed E-state index contributed by atoms with van der Waals surface area (Å²) in [6.07, 6.45) is 0.492. The van der Waals surface area contributed by atoms with Crippen molar-refractivity contribution in [2.45, 2.75) is 32.4 Å². The van der Waals surface area contributed by atoms with Gasteiger partial charge in [-0.05, 0) is 38.5 Å². The van der Waals surface area contributed by atoms with Crippen molar-refractivity contribution in [1.29, 1.82) is 0 Å². The molecule has 0 bridgehead atoms. The number of fused-ring (bicyclic) bond motifs is 1. The highest BCUT2D eigenvalue weighted by molar-refractivity contribution is 5.98. The van der Waals surface area contributed by atoms with E-state index in [0.717, 1.165) is 0 Å². The number of nitrogens with zero attached hydrogens (tertiary/aromatic N) is 2. The first-order valence-electron chi connectivity index (χ1n) is 8.30. The number of likely N-dealkylation sites (N-methyl/N-ethyl adjacent to an activating group) is 1. The highest BCUT2D eigenvalue weighted by atomic mass is 16.7. The number of rotatable bonds is 4. The first-order valence-corrected chi connectivity index (χ1v) is 8.30. The molecule has 1 aromatic carbocycles. The van der Waals surface area contributed by atoms with Gasteiger partial charge in [-0.2, -0.15) is 0 Å². The van der Waals surface area contributed by atoms with Gasteiger partial charge in [0.2, 0.25) is 12.7 Å². The van der Waals surface area contributed by atoms with Gasteiger partial charge in [0.15, 0.2) is 11.5 Å². The zero-order valence-electron chi connectivity index (χ0n) is 14.0. The Bertz CT molecular complexity index is 645. The van der Waals surface area contributed by atoms with E-state index in [2.05, 4.69) is 0 Å². The lowest BCUT2D eigenvalue weighted by molar-refractivity contribution is -0.134. The number of ether oxygens (including phenoxy) is 2. The van der Waals surface area contributed by atoms with E-state index in [1.807, 2.05) is 13.8 Å². The third kappa shape index (κ3) is 2.91.